The van der Waals surface area contributed by atoms with Crippen LogP contribution in [0.5, 0.6) is 5.75 Å². The third-order valence-corrected chi connectivity index (χ3v) is 5.61. The number of carbonyl (C=O) groups is 1. The van der Waals surface area contributed by atoms with Crippen molar-refractivity contribution in [3.05, 3.63) is 59.7 Å². The SMILES string of the molecule is Cc1cccc(CCCNC(=O)C(C)Oc2ccc(N(C)S(C)(=O)=O)cc2)c1. The van der Waals surface area contributed by atoms with Crippen molar-refractivity contribution in [1.82, 2.24) is 5.32 Å². The van der Waals surface area contributed by atoms with Crippen LogP contribution in [0.1, 0.15) is 24.5 Å². The lowest BCUT2D eigenvalue weighted by Crippen LogP contribution is -2.36. The lowest BCUT2D eigenvalue weighted by molar-refractivity contribution is -0.127. The molecule has 1 N–H and O–H groups in total. The van der Waals surface area contributed by atoms with Gasteiger partial charge in [-0.1, -0.05) is 29.8 Å². The normalized spacial score (nSPS) is 12.3. The molecule has 0 bridgehead atoms. The molecular formula is C21H28N2O4S. The van der Waals surface area contributed by atoms with Crippen LogP contribution in [-0.4, -0.2) is 40.3 Å². The van der Waals surface area contributed by atoms with Gasteiger partial charge in [0.1, 0.15) is 5.75 Å². The Balaban J connectivity index is 1.78. The van der Waals surface area contributed by atoms with Crippen LogP contribution in [0.4, 0.5) is 5.69 Å². The van der Waals surface area contributed by atoms with Crippen LogP contribution in [-0.2, 0) is 21.2 Å². The molecular weight excluding hydrogens is 376 g/mol. The van der Waals surface area contributed by atoms with Gasteiger partial charge in [-0.3, -0.25) is 9.10 Å². The molecule has 7 heteroatoms. The highest BCUT2D eigenvalue weighted by molar-refractivity contribution is 7.92. The van der Waals surface area contributed by atoms with Crippen molar-refractivity contribution in [2.24, 2.45) is 0 Å². The Kier molecular flexibility index (Phi) is 7.45. The van der Waals surface area contributed by atoms with Gasteiger partial charge in [-0.2, -0.15) is 0 Å². The molecule has 0 aliphatic rings. The van der Waals surface area contributed by atoms with E-state index < -0.39 is 16.1 Å². The van der Waals surface area contributed by atoms with Crippen LogP contribution in [0.2, 0.25) is 0 Å². The van der Waals surface area contributed by atoms with E-state index in [1.54, 1.807) is 31.2 Å². The summed E-state index contributed by atoms with van der Waals surface area (Å²) in [7, 11) is -1.83. The first-order chi connectivity index (χ1) is 13.2. The fraction of sp³-hybridized carbons (Fsp3) is 0.381. The minimum Gasteiger partial charge on any atom is -0.481 e. The van der Waals surface area contributed by atoms with Crippen molar-refractivity contribution in [2.75, 3.05) is 24.2 Å². The van der Waals surface area contributed by atoms with E-state index in [4.69, 9.17) is 4.74 Å². The number of benzene rings is 2. The highest BCUT2D eigenvalue weighted by Crippen LogP contribution is 2.21. The second-order valence-electron chi connectivity index (χ2n) is 6.87. The number of anilines is 1. The highest BCUT2D eigenvalue weighted by Gasteiger charge is 2.15. The number of aryl methyl sites for hydroxylation is 2. The van der Waals surface area contributed by atoms with Gasteiger partial charge in [0.15, 0.2) is 6.10 Å². The maximum atomic E-state index is 12.2. The molecule has 152 valence electrons. The van der Waals surface area contributed by atoms with Crippen LogP contribution >= 0.6 is 0 Å². The zero-order valence-corrected chi connectivity index (χ0v) is 17.6. The summed E-state index contributed by atoms with van der Waals surface area (Å²) in [5.41, 5.74) is 3.03. The molecule has 2 aromatic carbocycles. The number of sulfonamides is 1. The van der Waals surface area contributed by atoms with Gasteiger partial charge in [0.25, 0.3) is 5.91 Å². The molecule has 0 aliphatic heterocycles. The summed E-state index contributed by atoms with van der Waals surface area (Å²) in [4.78, 5) is 12.2. The third-order valence-electron chi connectivity index (χ3n) is 4.40. The monoisotopic (exact) mass is 404 g/mol. The fourth-order valence-electron chi connectivity index (χ4n) is 2.70. The molecule has 2 aromatic rings. The number of amides is 1. The maximum Gasteiger partial charge on any atom is 0.260 e. The average Bonchev–Trinajstić information content (AvgIpc) is 2.64. The second-order valence-corrected chi connectivity index (χ2v) is 8.88. The van der Waals surface area contributed by atoms with Crippen molar-refractivity contribution in [2.45, 2.75) is 32.8 Å². The predicted molar refractivity (Wildman–Crippen MR) is 112 cm³/mol. The average molecular weight is 405 g/mol. The van der Waals surface area contributed by atoms with Crippen LogP contribution < -0.4 is 14.4 Å². The molecule has 0 saturated heterocycles. The Bertz CT molecular complexity index is 895. The molecule has 0 aliphatic carbocycles. The first-order valence-corrected chi connectivity index (χ1v) is 11.1. The van der Waals surface area contributed by atoms with Crippen molar-refractivity contribution in [3.8, 4) is 5.75 Å². The number of nitrogens with zero attached hydrogens (tertiary/aromatic N) is 1. The minimum atomic E-state index is -3.31. The summed E-state index contributed by atoms with van der Waals surface area (Å²) >= 11 is 0. The molecule has 28 heavy (non-hydrogen) atoms. The summed E-state index contributed by atoms with van der Waals surface area (Å²) in [6.07, 6.45) is 2.27. The van der Waals surface area contributed by atoms with E-state index in [2.05, 4.69) is 30.4 Å². The van der Waals surface area contributed by atoms with E-state index in [1.807, 2.05) is 6.07 Å². The highest BCUT2D eigenvalue weighted by atomic mass is 32.2. The summed E-state index contributed by atoms with van der Waals surface area (Å²) in [6, 6.07) is 14.9. The number of nitrogens with one attached hydrogen (secondary N) is 1. The van der Waals surface area contributed by atoms with Gasteiger partial charge in [-0.05, 0) is 56.5 Å². The molecule has 2 rings (SSSR count). The lowest BCUT2D eigenvalue weighted by atomic mass is 10.1. The molecule has 0 aromatic heterocycles. The largest absolute Gasteiger partial charge is 0.481 e. The molecule has 0 heterocycles. The number of carbonyl (C=O) groups excluding carboxylic acids is 1. The van der Waals surface area contributed by atoms with Crippen LogP contribution in [0, 0.1) is 6.92 Å². The Morgan fingerprint density at radius 3 is 2.46 bits per heavy atom. The van der Waals surface area contributed by atoms with Gasteiger partial charge >= 0.3 is 0 Å². The molecule has 6 nitrogen and oxygen atoms in total. The Morgan fingerprint density at radius 2 is 1.86 bits per heavy atom. The molecule has 0 saturated carbocycles. The van der Waals surface area contributed by atoms with E-state index in [9.17, 15) is 13.2 Å². The smallest absolute Gasteiger partial charge is 0.260 e. The number of hydrogen-bond donors (Lipinski definition) is 1. The van der Waals surface area contributed by atoms with Gasteiger partial charge in [-0.15, -0.1) is 0 Å². The van der Waals surface area contributed by atoms with Gasteiger partial charge in [0.2, 0.25) is 10.0 Å². The van der Waals surface area contributed by atoms with E-state index in [-0.39, 0.29) is 5.91 Å². The second kappa shape index (κ2) is 9.59. The maximum absolute atomic E-state index is 12.2. The number of hydrogen-bond acceptors (Lipinski definition) is 4. The fourth-order valence-corrected chi connectivity index (χ4v) is 3.20. The quantitative estimate of drug-likeness (QED) is 0.652. The molecule has 0 radical (unpaired) electrons. The summed E-state index contributed by atoms with van der Waals surface area (Å²) in [5, 5.41) is 2.89. The molecule has 1 amide bonds. The van der Waals surface area contributed by atoms with Gasteiger partial charge in [-0.25, -0.2) is 8.42 Å². The van der Waals surface area contributed by atoms with E-state index in [1.165, 1.54) is 22.5 Å². The molecule has 1 unspecified atom stereocenters. The van der Waals surface area contributed by atoms with Crippen LogP contribution in [0.25, 0.3) is 0 Å². The Labute approximate surface area is 167 Å². The van der Waals surface area contributed by atoms with E-state index >= 15 is 0 Å². The number of rotatable bonds is 9. The topological polar surface area (TPSA) is 75.7 Å². The van der Waals surface area contributed by atoms with Crippen LogP contribution in [0.15, 0.2) is 48.5 Å². The van der Waals surface area contributed by atoms with E-state index in [0.29, 0.717) is 18.0 Å². The lowest BCUT2D eigenvalue weighted by Gasteiger charge is -2.18. The third kappa shape index (κ3) is 6.56. The van der Waals surface area contributed by atoms with E-state index in [0.717, 1.165) is 19.1 Å². The summed E-state index contributed by atoms with van der Waals surface area (Å²) in [5.74, 6) is 0.328. The Morgan fingerprint density at radius 1 is 1.18 bits per heavy atom. The molecule has 1 atom stereocenters. The first-order valence-electron chi connectivity index (χ1n) is 9.20. The molecule has 0 fully saturated rings. The van der Waals surface area contributed by atoms with Gasteiger partial charge in [0, 0.05) is 13.6 Å². The zero-order chi connectivity index (χ0) is 20.7. The van der Waals surface area contributed by atoms with Crippen molar-refractivity contribution in [3.63, 3.8) is 0 Å². The first kappa shape index (κ1) is 21.8. The number of ether oxygens (including phenoxy) is 1. The van der Waals surface area contributed by atoms with Crippen molar-refractivity contribution >= 4 is 21.6 Å². The van der Waals surface area contributed by atoms with Gasteiger partial charge < -0.3 is 10.1 Å². The van der Waals surface area contributed by atoms with Gasteiger partial charge in [0.05, 0.1) is 11.9 Å². The molecule has 0 spiro atoms. The Hall–Kier alpha value is -2.54. The summed E-state index contributed by atoms with van der Waals surface area (Å²) < 4.78 is 29.9. The van der Waals surface area contributed by atoms with Crippen molar-refractivity contribution in [1.29, 1.82) is 0 Å². The minimum absolute atomic E-state index is 0.179. The van der Waals surface area contributed by atoms with Crippen molar-refractivity contribution < 1.29 is 17.9 Å². The summed E-state index contributed by atoms with van der Waals surface area (Å²) in [6.45, 7) is 4.33. The standard InChI is InChI=1S/C21H28N2O4S/c1-16-7-5-8-18(15-16)9-6-14-22-21(24)17(2)27-20-12-10-19(11-13-20)23(3)28(4,25)26/h5,7-8,10-13,15,17H,6,9,14H2,1-4H3,(H,22,24). The predicted octanol–water partition coefficient (Wildman–Crippen LogP) is 2.91. The zero-order valence-electron chi connectivity index (χ0n) is 16.8. The van der Waals surface area contributed by atoms with Crippen LogP contribution in [0.3, 0.4) is 0 Å².